The third-order valence-corrected chi connectivity index (χ3v) is 4.08. The van der Waals surface area contributed by atoms with Gasteiger partial charge < -0.3 is 11.1 Å². The minimum atomic E-state index is -0.510. The van der Waals surface area contributed by atoms with Crippen LogP contribution < -0.4 is 16.0 Å². The third-order valence-electron chi connectivity index (χ3n) is 3.83. The van der Waals surface area contributed by atoms with Gasteiger partial charge in [0.05, 0.1) is 0 Å². The molecule has 1 saturated heterocycles. The average Bonchev–Trinajstić information content (AvgIpc) is 2.96. The fraction of sp³-hybridized carbons (Fsp3) is 0.176. The van der Waals surface area contributed by atoms with Crippen LogP contribution in [0.15, 0.2) is 42.5 Å². The van der Waals surface area contributed by atoms with Gasteiger partial charge in [-0.25, -0.2) is 4.79 Å². The van der Waals surface area contributed by atoms with Crippen molar-refractivity contribution in [1.82, 2.24) is 5.32 Å². The average molecular weight is 330 g/mol. The fourth-order valence-corrected chi connectivity index (χ4v) is 2.77. The minimum absolute atomic E-state index is 0.163. The second-order valence-corrected chi connectivity index (χ2v) is 5.83. The molecule has 1 aliphatic heterocycles. The highest BCUT2D eigenvalue weighted by atomic mass is 35.5. The maximum absolute atomic E-state index is 12.0. The first-order chi connectivity index (χ1) is 11.0. The number of carbonyl (C=O) groups is 2. The SMILES string of the molecule is NC(=O)c1ccc(Cc2ccc(Cl)cc2)c(N2CCNC2=O)c1. The predicted molar refractivity (Wildman–Crippen MR) is 90.0 cm³/mol. The predicted octanol–water partition coefficient (Wildman–Crippen LogP) is 2.56. The van der Waals surface area contributed by atoms with Gasteiger partial charge >= 0.3 is 6.03 Å². The summed E-state index contributed by atoms with van der Waals surface area (Å²) in [5, 5.41) is 3.45. The van der Waals surface area contributed by atoms with Gasteiger partial charge in [-0.15, -0.1) is 0 Å². The number of rotatable bonds is 4. The normalized spacial score (nSPS) is 14.0. The number of carbonyl (C=O) groups excluding carboxylic acids is 2. The molecule has 0 atom stereocenters. The zero-order valence-electron chi connectivity index (χ0n) is 12.4. The number of anilines is 1. The van der Waals surface area contributed by atoms with Crippen LogP contribution in [-0.2, 0) is 6.42 Å². The van der Waals surface area contributed by atoms with E-state index in [2.05, 4.69) is 5.32 Å². The molecule has 0 unspecified atom stereocenters. The van der Waals surface area contributed by atoms with E-state index >= 15 is 0 Å². The maximum atomic E-state index is 12.0. The number of hydrogen-bond donors (Lipinski definition) is 2. The molecule has 3 rings (SSSR count). The highest BCUT2D eigenvalue weighted by Gasteiger charge is 2.24. The number of urea groups is 1. The Morgan fingerprint density at radius 2 is 1.96 bits per heavy atom. The number of benzene rings is 2. The quantitative estimate of drug-likeness (QED) is 0.904. The Morgan fingerprint density at radius 1 is 1.22 bits per heavy atom. The summed E-state index contributed by atoms with van der Waals surface area (Å²) in [5.74, 6) is -0.510. The van der Waals surface area contributed by atoms with Crippen LogP contribution in [0.2, 0.25) is 5.02 Å². The molecule has 1 fully saturated rings. The van der Waals surface area contributed by atoms with E-state index in [0.717, 1.165) is 11.1 Å². The molecule has 2 aromatic carbocycles. The molecule has 0 saturated carbocycles. The summed E-state index contributed by atoms with van der Waals surface area (Å²) in [6, 6.07) is 12.6. The molecule has 5 nitrogen and oxygen atoms in total. The van der Waals surface area contributed by atoms with Gasteiger partial charge in [-0.2, -0.15) is 0 Å². The van der Waals surface area contributed by atoms with E-state index in [1.807, 2.05) is 30.3 Å². The van der Waals surface area contributed by atoms with Crippen molar-refractivity contribution in [3.63, 3.8) is 0 Å². The second-order valence-electron chi connectivity index (χ2n) is 5.39. The van der Waals surface area contributed by atoms with E-state index < -0.39 is 5.91 Å². The van der Waals surface area contributed by atoms with Crippen LogP contribution in [0, 0.1) is 0 Å². The second kappa shape index (κ2) is 6.30. The van der Waals surface area contributed by atoms with Crippen LogP contribution in [0.4, 0.5) is 10.5 Å². The van der Waals surface area contributed by atoms with Gasteiger partial charge in [0.25, 0.3) is 0 Å². The summed E-state index contributed by atoms with van der Waals surface area (Å²) >= 11 is 5.91. The van der Waals surface area contributed by atoms with E-state index in [1.165, 1.54) is 0 Å². The molecule has 0 aromatic heterocycles. The highest BCUT2D eigenvalue weighted by Crippen LogP contribution is 2.26. The van der Waals surface area contributed by atoms with E-state index in [9.17, 15) is 9.59 Å². The minimum Gasteiger partial charge on any atom is -0.366 e. The van der Waals surface area contributed by atoms with Crippen LogP contribution in [0.5, 0.6) is 0 Å². The lowest BCUT2D eigenvalue weighted by Gasteiger charge is -2.19. The third kappa shape index (κ3) is 3.29. The van der Waals surface area contributed by atoms with Gasteiger partial charge in [-0.1, -0.05) is 29.8 Å². The van der Waals surface area contributed by atoms with Crippen molar-refractivity contribution in [2.45, 2.75) is 6.42 Å². The smallest absolute Gasteiger partial charge is 0.322 e. The molecule has 3 N–H and O–H groups in total. The van der Waals surface area contributed by atoms with Crippen molar-refractivity contribution in [3.05, 3.63) is 64.2 Å². The molecule has 6 heteroatoms. The van der Waals surface area contributed by atoms with Crippen molar-refractivity contribution in [2.24, 2.45) is 5.73 Å². The van der Waals surface area contributed by atoms with E-state index in [0.29, 0.717) is 35.8 Å². The van der Waals surface area contributed by atoms with Crippen LogP contribution in [-0.4, -0.2) is 25.0 Å². The summed E-state index contributed by atoms with van der Waals surface area (Å²) in [7, 11) is 0. The van der Waals surface area contributed by atoms with Gasteiger partial charge in [-0.05, 0) is 41.8 Å². The summed E-state index contributed by atoms with van der Waals surface area (Å²) < 4.78 is 0. The Hall–Kier alpha value is -2.53. The molecule has 1 heterocycles. The first-order valence-electron chi connectivity index (χ1n) is 7.27. The number of halogens is 1. The van der Waals surface area contributed by atoms with E-state index in [1.54, 1.807) is 17.0 Å². The summed E-state index contributed by atoms with van der Waals surface area (Å²) in [6.07, 6.45) is 0.634. The Balaban J connectivity index is 1.99. The van der Waals surface area contributed by atoms with Crippen LogP contribution in [0.25, 0.3) is 0 Å². The first kappa shape index (κ1) is 15.4. The molecule has 2 aromatic rings. The summed E-state index contributed by atoms with van der Waals surface area (Å²) in [6.45, 7) is 1.15. The number of nitrogens with zero attached hydrogens (tertiary/aromatic N) is 1. The zero-order chi connectivity index (χ0) is 16.4. The van der Waals surface area contributed by atoms with E-state index in [-0.39, 0.29) is 6.03 Å². The molecule has 0 spiro atoms. The van der Waals surface area contributed by atoms with E-state index in [4.69, 9.17) is 17.3 Å². The van der Waals surface area contributed by atoms with Gasteiger partial charge in [-0.3, -0.25) is 9.69 Å². The molecule has 3 amide bonds. The van der Waals surface area contributed by atoms with Gasteiger partial charge in [0, 0.05) is 29.4 Å². The Morgan fingerprint density at radius 3 is 2.57 bits per heavy atom. The number of primary amides is 1. The van der Waals surface area contributed by atoms with Crippen LogP contribution in [0.1, 0.15) is 21.5 Å². The van der Waals surface area contributed by atoms with Gasteiger partial charge in [0.15, 0.2) is 0 Å². The van der Waals surface area contributed by atoms with Crippen molar-refractivity contribution in [3.8, 4) is 0 Å². The Kier molecular flexibility index (Phi) is 4.21. The van der Waals surface area contributed by atoms with Crippen molar-refractivity contribution in [1.29, 1.82) is 0 Å². The Labute approximate surface area is 139 Å². The fourth-order valence-electron chi connectivity index (χ4n) is 2.64. The largest absolute Gasteiger partial charge is 0.366 e. The van der Waals surface area contributed by atoms with Crippen molar-refractivity contribution < 1.29 is 9.59 Å². The summed E-state index contributed by atoms with van der Waals surface area (Å²) in [5.41, 5.74) is 8.49. The molecule has 0 radical (unpaired) electrons. The molecule has 0 aliphatic carbocycles. The number of nitrogens with two attached hydrogens (primary N) is 1. The maximum Gasteiger partial charge on any atom is 0.322 e. The lowest BCUT2D eigenvalue weighted by Crippen LogP contribution is -2.29. The molecular weight excluding hydrogens is 314 g/mol. The van der Waals surface area contributed by atoms with Crippen molar-refractivity contribution >= 4 is 29.2 Å². The van der Waals surface area contributed by atoms with Gasteiger partial charge in [0.2, 0.25) is 5.91 Å². The molecule has 1 aliphatic rings. The first-order valence-corrected chi connectivity index (χ1v) is 7.65. The zero-order valence-corrected chi connectivity index (χ0v) is 13.1. The van der Waals surface area contributed by atoms with Crippen LogP contribution in [0.3, 0.4) is 0 Å². The standard InChI is InChI=1S/C17H16ClN3O2/c18-14-5-1-11(2-6-14)9-12-3-4-13(16(19)22)10-15(12)21-8-7-20-17(21)23/h1-6,10H,7-9H2,(H2,19,22)(H,20,23). The lowest BCUT2D eigenvalue weighted by atomic mass is 10.0. The molecule has 23 heavy (non-hydrogen) atoms. The van der Waals surface area contributed by atoms with Gasteiger partial charge in [0.1, 0.15) is 0 Å². The lowest BCUT2D eigenvalue weighted by molar-refractivity contribution is 0.1000. The number of amides is 3. The molecule has 118 valence electrons. The number of nitrogens with one attached hydrogen (secondary N) is 1. The number of hydrogen-bond acceptors (Lipinski definition) is 2. The molecule has 0 bridgehead atoms. The topological polar surface area (TPSA) is 75.4 Å². The van der Waals surface area contributed by atoms with Crippen LogP contribution >= 0.6 is 11.6 Å². The molecular formula is C17H16ClN3O2. The summed E-state index contributed by atoms with van der Waals surface area (Å²) in [4.78, 5) is 25.1. The highest BCUT2D eigenvalue weighted by molar-refractivity contribution is 6.30. The van der Waals surface area contributed by atoms with Crippen molar-refractivity contribution in [2.75, 3.05) is 18.0 Å². The monoisotopic (exact) mass is 329 g/mol. The Bertz CT molecular complexity index is 759.